The maximum Gasteiger partial charge on any atom is 0.261 e. The van der Waals surface area contributed by atoms with Crippen LogP contribution in [0, 0.1) is 13.8 Å². The van der Waals surface area contributed by atoms with Crippen LogP contribution in [-0.2, 0) is 5.41 Å². The number of ether oxygens (including phenoxy) is 1. The Labute approximate surface area is 153 Å². The third-order valence-corrected chi connectivity index (χ3v) is 5.59. The minimum absolute atomic E-state index is 0.0750. The number of nitrogens with one attached hydrogen (secondary N) is 2. The number of carbonyl (C=O) groups is 1. The number of benzene rings is 1. The van der Waals surface area contributed by atoms with Gasteiger partial charge < -0.3 is 15.0 Å². The van der Waals surface area contributed by atoms with Gasteiger partial charge in [0.25, 0.3) is 11.5 Å². The van der Waals surface area contributed by atoms with Gasteiger partial charge in [-0.3, -0.25) is 9.59 Å². The summed E-state index contributed by atoms with van der Waals surface area (Å²) in [6, 6.07) is 9.76. The number of methoxy groups -OCH3 is 1. The molecule has 1 heterocycles. The van der Waals surface area contributed by atoms with Crippen LogP contribution in [0.15, 0.2) is 35.1 Å². The molecule has 0 aliphatic heterocycles. The van der Waals surface area contributed by atoms with Gasteiger partial charge in [-0.15, -0.1) is 0 Å². The van der Waals surface area contributed by atoms with E-state index in [1.165, 1.54) is 5.56 Å². The average Bonchev–Trinajstić information content (AvgIpc) is 3.13. The van der Waals surface area contributed by atoms with Crippen molar-refractivity contribution in [3.05, 3.63) is 63.1 Å². The van der Waals surface area contributed by atoms with Crippen LogP contribution >= 0.6 is 0 Å². The number of carbonyl (C=O) groups excluding carboxylic acids is 1. The number of aryl methyl sites for hydroxylation is 2. The van der Waals surface area contributed by atoms with Gasteiger partial charge in [-0.05, 0) is 56.0 Å². The van der Waals surface area contributed by atoms with Crippen molar-refractivity contribution in [2.75, 3.05) is 13.7 Å². The normalized spacial score (nSPS) is 15.7. The Bertz CT molecular complexity index is 847. The molecule has 1 aromatic heterocycles. The van der Waals surface area contributed by atoms with Crippen molar-refractivity contribution in [1.82, 2.24) is 10.3 Å². The molecule has 1 aliphatic carbocycles. The number of aromatic amines is 1. The molecule has 3 rings (SSSR count). The predicted molar refractivity (Wildman–Crippen MR) is 102 cm³/mol. The molecule has 1 saturated carbocycles. The first-order valence-corrected chi connectivity index (χ1v) is 9.08. The summed E-state index contributed by atoms with van der Waals surface area (Å²) in [6.07, 6.45) is 4.35. The lowest BCUT2D eigenvalue weighted by atomic mass is 9.78. The molecule has 2 N–H and O–H groups in total. The average molecular weight is 354 g/mol. The molecule has 5 heteroatoms. The number of hydrogen-bond donors (Lipinski definition) is 2. The van der Waals surface area contributed by atoms with Gasteiger partial charge in [-0.1, -0.05) is 25.0 Å². The van der Waals surface area contributed by atoms with E-state index in [2.05, 4.69) is 22.4 Å². The van der Waals surface area contributed by atoms with Crippen LogP contribution in [-0.4, -0.2) is 24.5 Å². The number of aromatic nitrogens is 1. The first-order chi connectivity index (χ1) is 12.4. The van der Waals surface area contributed by atoms with E-state index in [1.807, 2.05) is 26.0 Å². The molecule has 1 aromatic carbocycles. The van der Waals surface area contributed by atoms with E-state index in [1.54, 1.807) is 13.2 Å². The van der Waals surface area contributed by atoms with E-state index in [0.717, 1.165) is 42.7 Å². The fourth-order valence-corrected chi connectivity index (χ4v) is 3.80. The van der Waals surface area contributed by atoms with Gasteiger partial charge in [0.05, 0.1) is 7.11 Å². The van der Waals surface area contributed by atoms with Crippen LogP contribution in [0.1, 0.15) is 52.9 Å². The van der Waals surface area contributed by atoms with Crippen LogP contribution in [0.3, 0.4) is 0 Å². The Kier molecular flexibility index (Phi) is 5.16. The molecule has 1 amide bonds. The number of amides is 1. The summed E-state index contributed by atoms with van der Waals surface area (Å²) in [5.41, 5.74) is 2.67. The summed E-state index contributed by atoms with van der Waals surface area (Å²) in [5.74, 6) is 0.515. The van der Waals surface area contributed by atoms with Crippen molar-refractivity contribution in [3.63, 3.8) is 0 Å². The van der Waals surface area contributed by atoms with Crippen LogP contribution in [0.25, 0.3) is 0 Å². The SMILES string of the molecule is COc1ccc(C2(CNC(=O)c3cc(C)c(C)[nH]c3=O)CCCC2)cc1. The van der Waals surface area contributed by atoms with Gasteiger partial charge >= 0.3 is 0 Å². The fraction of sp³-hybridized carbons (Fsp3) is 0.429. The van der Waals surface area contributed by atoms with Gasteiger partial charge in [0.1, 0.15) is 11.3 Å². The number of pyridine rings is 1. The van der Waals surface area contributed by atoms with Crippen LogP contribution in [0.4, 0.5) is 0 Å². The lowest BCUT2D eigenvalue weighted by Gasteiger charge is -2.30. The summed E-state index contributed by atoms with van der Waals surface area (Å²) in [6.45, 7) is 4.25. The highest BCUT2D eigenvalue weighted by Crippen LogP contribution is 2.41. The first kappa shape index (κ1) is 18.2. The molecular formula is C21H26N2O3. The topological polar surface area (TPSA) is 71.2 Å². The fourth-order valence-electron chi connectivity index (χ4n) is 3.80. The largest absolute Gasteiger partial charge is 0.497 e. The Balaban J connectivity index is 1.80. The number of rotatable bonds is 5. The highest BCUT2D eigenvalue weighted by Gasteiger charge is 2.36. The Hall–Kier alpha value is -2.56. The van der Waals surface area contributed by atoms with Gasteiger partial charge in [-0.25, -0.2) is 0 Å². The zero-order chi connectivity index (χ0) is 18.7. The molecule has 1 fully saturated rings. The minimum Gasteiger partial charge on any atom is -0.497 e. The van der Waals surface area contributed by atoms with E-state index in [9.17, 15) is 9.59 Å². The van der Waals surface area contributed by atoms with Gasteiger partial charge in [0.15, 0.2) is 0 Å². The Morgan fingerprint density at radius 1 is 1.19 bits per heavy atom. The predicted octanol–water partition coefficient (Wildman–Crippen LogP) is 3.24. The minimum atomic E-state index is -0.337. The molecule has 0 atom stereocenters. The second kappa shape index (κ2) is 7.36. The number of hydrogen-bond acceptors (Lipinski definition) is 3. The molecule has 0 radical (unpaired) electrons. The molecule has 0 bridgehead atoms. The Morgan fingerprint density at radius 2 is 1.85 bits per heavy atom. The first-order valence-electron chi connectivity index (χ1n) is 9.08. The maximum absolute atomic E-state index is 12.6. The van der Waals surface area contributed by atoms with Crippen LogP contribution in [0.2, 0.25) is 0 Å². The monoisotopic (exact) mass is 354 g/mol. The molecule has 0 spiro atoms. The van der Waals surface area contributed by atoms with Crippen LogP contribution in [0.5, 0.6) is 5.75 Å². The summed E-state index contributed by atoms with van der Waals surface area (Å²) in [5, 5.41) is 3.01. The van der Waals surface area contributed by atoms with Crippen molar-refractivity contribution < 1.29 is 9.53 Å². The molecule has 138 valence electrons. The van der Waals surface area contributed by atoms with E-state index in [-0.39, 0.29) is 22.4 Å². The van der Waals surface area contributed by atoms with Crippen molar-refractivity contribution in [3.8, 4) is 5.75 Å². The lowest BCUT2D eigenvalue weighted by Crippen LogP contribution is -2.40. The maximum atomic E-state index is 12.6. The van der Waals surface area contributed by atoms with E-state index < -0.39 is 0 Å². The van der Waals surface area contributed by atoms with E-state index >= 15 is 0 Å². The van der Waals surface area contributed by atoms with Crippen molar-refractivity contribution >= 4 is 5.91 Å². The zero-order valence-electron chi connectivity index (χ0n) is 15.6. The quantitative estimate of drug-likeness (QED) is 0.866. The second-order valence-electron chi connectivity index (χ2n) is 7.22. The van der Waals surface area contributed by atoms with Gasteiger partial charge in [-0.2, -0.15) is 0 Å². The molecule has 26 heavy (non-hydrogen) atoms. The highest BCUT2D eigenvalue weighted by molar-refractivity contribution is 5.94. The third-order valence-electron chi connectivity index (χ3n) is 5.59. The molecule has 5 nitrogen and oxygen atoms in total. The highest BCUT2D eigenvalue weighted by atomic mass is 16.5. The lowest BCUT2D eigenvalue weighted by molar-refractivity contribution is 0.0941. The molecule has 1 aliphatic rings. The molecule has 2 aromatic rings. The van der Waals surface area contributed by atoms with Crippen molar-refractivity contribution in [2.45, 2.75) is 44.9 Å². The third kappa shape index (κ3) is 3.52. The van der Waals surface area contributed by atoms with E-state index in [4.69, 9.17) is 4.74 Å². The smallest absolute Gasteiger partial charge is 0.261 e. The molecule has 0 saturated heterocycles. The summed E-state index contributed by atoms with van der Waals surface area (Å²) < 4.78 is 5.25. The van der Waals surface area contributed by atoms with Crippen molar-refractivity contribution in [1.29, 1.82) is 0 Å². The summed E-state index contributed by atoms with van der Waals surface area (Å²) >= 11 is 0. The standard InChI is InChI=1S/C21H26N2O3/c1-14-12-18(20(25)23-15(14)2)19(24)22-13-21(10-4-5-11-21)16-6-8-17(26-3)9-7-16/h6-9,12H,4-5,10-11,13H2,1-3H3,(H,22,24)(H,23,25). The van der Waals surface area contributed by atoms with Gasteiger partial charge in [0.2, 0.25) is 0 Å². The van der Waals surface area contributed by atoms with Gasteiger partial charge in [0, 0.05) is 17.7 Å². The zero-order valence-corrected chi connectivity index (χ0v) is 15.6. The summed E-state index contributed by atoms with van der Waals surface area (Å²) in [4.78, 5) is 27.5. The molecule has 0 unspecified atom stereocenters. The van der Waals surface area contributed by atoms with Crippen molar-refractivity contribution in [2.24, 2.45) is 0 Å². The summed E-state index contributed by atoms with van der Waals surface area (Å²) in [7, 11) is 1.65. The van der Waals surface area contributed by atoms with E-state index in [0.29, 0.717) is 6.54 Å². The molecular weight excluding hydrogens is 328 g/mol. The second-order valence-corrected chi connectivity index (χ2v) is 7.22. The Morgan fingerprint density at radius 3 is 2.46 bits per heavy atom. The van der Waals surface area contributed by atoms with Crippen LogP contribution < -0.4 is 15.6 Å². The number of H-pyrrole nitrogens is 1.